The first-order valence-corrected chi connectivity index (χ1v) is 7.17. The molecule has 4 heteroatoms. The Balaban J connectivity index is 2.21. The summed E-state index contributed by atoms with van der Waals surface area (Å²) in [7, 11) is 0. The van der Waals surface area contributed by atoms with E-state index in [0.717, 1.165) is 52.0 Å². The van der Waals surface area contributed by atoms with Crippen molar-refractivity contribution in [2.45, 2.75) is 51.6 Å². The van der Waals surface area contributed by atoms with E-state index in [1.54, 1.807) is 0 Å². The zero-order valence-corrected chi connectivity index (χ0v) is 12.2. The molecule has 1 heterocycles. The summed E-state index contributed by atoms with van der Waals surface area (Å²) < 4.78 is 0. The van der Waals surface area contributed by atoms with Crippen molar-refractivity contribution in [3.05, 3.63) is 0 Å². The third-order valence-electron chi connectivity index (χ3n) is 4.09. The van der Waals surface area contributed by atoms with Crippen molar-refractivity contribution in [3.63, 3.8) is 0 Å². The Labute approximate surface area is 112 Å². The number of piperazine rings is 1. The second kappa shape index (κ2) is 7.08. The van der Waals surface area contributed by atoms with E-state index in [4.69, 9.17) is 11.0 Å². The zero-order chi connectivity index (χ0) is 13.6. The number of hydrogen-bond donors (Lipinski definition) is 1. The third-order valence-corrected chi connectivity index (χ3v) is 4.09. The molecule has 0 spiro atoms. The maximum absolute atomic E-state index is 9.02. The van der Waals surface area contributed by atoms with Crippen LogP contribution in [0, 0.1) is 11.3 Å². The Morgan fingerprint density at radius 1 is 1.28 bits per heavy atom. The molecule has 1 aliphatic rings. The van der Waals surface area contributed by atoms with Crippen LogP contribution in [-0.4, -0.2) is 54.1 Å². The van der Waals surface area contributed by atoms with Crippen LogP contribution in [0.3, 0.4) is 0 Å². The minimum atomic E-state index is -0.611. The fraction of sp³-hybridized carbons (Fsp3) is 0.929. The van der Waals surface area contributed by atoms with Crippen LogP contribution in [0.1, 0.15) is 40.0 Å². The molecule has 18 heavy (non-hydrogen) atoms. The van der Waals surface area contributed by atoms with E-state index in [1.807, 2.05) is 6.92 Å². The predicted molar refractivity (Wildman–Crippen MR) is 75.2 cm³/mol. The van der Waals surface area contributed by atoms with E-state index in [2.05, 4.69) is 29.7 Å². The van der Waals surface area contributed by atoms with Gasteiger partial charge in [0.25, 0.3) is 0 Å². The summed E-state index contributed by atoms with van der Waals surface area (Å²) in [4.78, 5) is 5.01. The molecule has 0 saturated carbocycles. The molecule has 1 saturated heterocycles. The van der Waals surface area contributed by atoms with Crippen LogP contribution in [0.25, 0.3) is 0 Å². The Kier molecular flexibility index (Phi) is 6.07. The molecule has 0 radical (unpaired) electrons. The lowest BCUT2D eigenvalue weighted by atomic mass is 9.93. The van der Waals surface area contributed by atoms with Crippen LogP contribution in [0.4, 0.5) is 0 Å². The van der Waals surface area contributed by atoms with Crippen LogP contribution in [0.15, 0.2) is 0 Å². The van der Waals surface area contributed by atoms with Crippen molar-refractivity contribution in [1.29, 1.82) is 5.26 Å². The fourth-order valence-electron chi connectivity index (χ4n) is 2.43. The van der Waals surface area contributed by atoms with E-state index < -0.39 is 5.54 Å². The molecule has 0 aromatic rings. The van der Waals surface area contributed by atoms with E-state index in [-0.39, 0.29) is 0 Å². The maximum Gasteiger partial charge on any atom is 0.104 e. The summed E-state index contributed by atoms with van der Waals surface area (Å²) in [5.74, 6) is 0. The molecular weight excluding hydrogens is 224 g/mol. The minimum Gasteiger partial charge on any atom is -0.313 e. The first-order chi connectivity index (χ1) is 8.50. The summed E-state index contributed by atoms with van der Waals surface area (Å²) in [6, 6.07) is 2.89. The molecule has 0 bridgehead atoms. The molecule has 1 rings (SSSR count). The van der Waals surface area contributed by atoms with Gasteiger partial charge in [-0.1, -0.05) is 6.92 Å². The summed E-state index contributed by atoms with van der Waals surface area (Å²) in [5, 5.41) is 9.02. The number of nitrogens with two attached hydrogens (primary N) is 1. The van der Waals surface area contributed by atoms with Gasteiger partial charge in [0, 0.05) is 32.2 Å². The van der Waals surface area contributed by atoms with Gasteiger partial charge in [-0.3, -0.25) is 4.90 Å². The van der Waals surface area contributed by atoms with Crippen LogP contribution < -0.4 is 5.73 Å². The molecule has 1 aliphatic heterocycles. The smallest absolute Gasteiger partial charge is 0.104 e. The molecule has 0 aromatic heterocycles. The molecule has 1 atom stereocenters. The van der Waals surface area contributed by atoms with Gasteiger partial charge in [0.15, 0.2) is 0 Å². The Morgan fingerprint density at radius 2 is 1.89 bits per heavy atom. The third kappa shape index (κ3) is 4.56. The van der Waals surface area contributed by atoms with Crippen LogP contribution in [0.5, 0.6) is 0 Å². The molecular formula is C14H28N4. The van der Waals surface area contributed by atoms with Gasteiger partial charge in [-0.15, -0.1) is 0 Å². The van der Waals surface area contributed by atoms with E-state index >= 15 is 0 Å². The van der Waals surface area contributed by atoms with Gasteiger partial charge < -0.3 is 10.6 Å². The predicted octanol–water partition coefficient (Wildman–Crippen LogP) is 1.42. The average Bonchev–Trinajstić information content (AvgIpc) is 2.39. The van der Waals surface area contributed by atoms with Crippen molar-refractivity contribution >= 4 is 0 Å². The molecule has 104 valence electrons. The van der Waals surface area contributed by atoms with Crippen molar-refractivity contribution in [1.82, 2.24) is 9.80 Å². The van der Waals surface area contributed by atoms with Crippen LogP contribution in [0.2, 0.25) is 0 Å². The Hall–Kier alpha value is -0.630. The van der Waals surface area contributed by atoms with Crippen molar-refractivity contribution in [2.24, 2.45) is 5.73 Å². The highest BCUT2D eigenvalue weighted by molar-refractivity contribution is 5.03. The lowest BCUT2D eigenvalue weighted by molar-refractivity contribution is 0.106. The van der Waals surface area contributed by atoms with Gasteiger partial charge in [-0.05, 0) is 39.7 Å². The lowest BCUT2D eigenvalue weighted by Crippen LogP contribution is -2.49. The van der Waals surface area contributed by atoms with E-state index in [9.17, 15) is 0 Å². The monoisotopic (exact) mass is 252 g/mol. The van der Waals surface area contributed by atoms with Gasteiger partial charge in [-0.2, -0.15) is 5.26 Å². The lowest BCUT2D eigenvalue weighted by Gasteiger charge is -2.37. The second-order valence-corrected chi connectivity index (χ2v) is 5.70. The Morgan fingerprint density at radius 3 is 2.33 bits per heavy atom. The fourth-order valence-corrected chi connectivity index (χ4v) is 2.43. The van der Waals surface area contributed by atoms with Crippen molar-refractivity contribution in [3.8, 4) is 6.07 Å². The highest BCUT2D eigenvalue weighted by atomic mass is 15.3. The Bertz CT molecular complexity index is 276. The van der Waals surface area contributed by atoms with Gasteiger partial charge >= 0.3 is 0 Å². The van der Waals surface area contributed by atoms with Gasteiger partial charge in [0.2, 0.25) is 0 Å². The first-order valence-electron chi connectivity index (χ1n) is 7.17. The van der Waals surface area contributed by atoms with Gasteiger partial charge in [-0.25, -0.2) is 0 Å². The highest BCUT2D eigenvalue weighted by Crippen LogP contribution is 2.14. The van der Waals surface area contributed by atoms with Crippen LogP contribution >= 0.6 is 0 Å². The zero-order valence-electron chi connectivity index (χ0n) is 12.2. The molecule has 2 N–H and O–H groups in total. The van der Waals surface area contributed by atoms with Crippen molar-refractivity contribution < 1.29 is 0 Å². The topological polar surface area (TPSA) is 56.3 Å². The van der Waals surface area contributed by atoms with E-state index in [1.165, 1.54) is 0 Å². The van der Waals surface area contributed by atoms with Gasteiger partial charge in [0.1, 0.15) is 5.54 Å². The summed E-state index contributed by atoms with van der Waals surface area (Å²) in [5.41, 5.74) is 5.37. The molecule has 4 nitrogen and oxygen atoms in total. The number of hydrogen-bond acceptors (Lipinski definition) is 4. The molecule has 0 aromatic carbocycles. The van der Waals surface area contributed by atoms with E-state index in [0.29, 0.717) is 6.04 Å². The molecule has 0 amide bonds. The second-order valence-electron chi connectivity index (χ2n) is 5.70. The molecule has 1 unspecified atom stereocenters. The van der Waals surface area contributed by atoms with Crippen LogP contribution in [-0.2, 0) is 0 Å². The summed E-state index contributed by atoms with van der Waals surface area (Å²) in [6.45, 7) is 12.2. The molecule has 1 fully saturated rings. The number of nitrogens with zero attached hydrogens (tertiary/aromatic N) is 3. The number of rotatable bonds is 6. The molecule has 0 aliphatic carbocycles. The van der Waals surface area contributed by atoms with Crippen molar-refractivity contribution in [2.75, 3.05) is 32.7 Å². The quantitative estimate of drug-likeness (QED) is 0.777. The average molecular weight is 252 g/mol. The standard InChI is InChI=1S/C14H28N4/c1-4-14(16,12-15)6-5-7-17-8-10-18(11-9-17)13(2)3/h13H,4-11,16H2,1-3H3. The normalized spacial score (nSPS) is 21.8. The largest absolute Gasteiger partial charge is 0.313 e. The highest BCUT2D eigenvalue weighted by Gasteiger charge is 2.23. The summed E-state index contributed by atoms with van der Waals surface area (Å²) in [6.07, 6.45) is 2.58. The summed E-state index contributed by atoms with van der Waals surface area (Å²) >= 11 is 0. The first kappa shape index (κ1) is 15.4. The number of nitriles is 1. The maximum atomic E-state index is 9.02. The minimum absolute atomic E-state index is 0.611. The van der Waals surface area contributed by atoms with Gasteiger partial charge in [0.05, 0.1) is 6.07 Å². The SMILES string of the molecule is CCC(N)(C#N)CCCN1CCN(C(C)C)CC1.